The Morgan fingerprint density at radius 2 is 1.79 bits per heavy atom. The summed E-state index contributed by atoms with van der Waals surface area (Å²) >= 11 is 12.4. The van der Waals surface area contributed by atoms with Gasteiger partial charge in [-0.05, 0) is 36.4 Å². The molecule has 1 aliphatic heterocycles. The van der Waals surface area contributed by atoms with Gasteiger partial charge in [0, 0.05) is 59.4 Å². The monoisotopic (exact) mass is 420 g/mol. The number of para-hydroxylation sites is 1. The number of hydrogen-bond acceptors (Lipinski definition) is 4. The Hall–Kier alpha value is -2.53. The third-order valence-electron chi connectivity index (χ3n) is 5.26. The van der Waals surface area contributed by atoms with Crippen molar-refractivity contribution in [2.45, 2.75) is 19.5 Å². The van der Waals surface area contributed by atoms with Crippen LogP contribution in [0.5, 0.6) is 0 Å². The molecule has 2 aromatic carbocycles. The SMILES string of the molecule is Clc1ccc(-c2ncc3c(n2)CCN(Cc2cc4ccccc4nc2Cl)C3)cc1. The van der Waals surface area contributed by atoms with Crippen molar-refractivity contribution in [3.63, 3.8) is 0 Å². The first-order chi connectivity index (χ1) is 14.2. The Morgan fingerprint density at radius 1 is 0.966 bits per heavy atom. The highest BCUT2D eigenvalue weighted by Gasteiger charge is 2.20. The predicted molar refractivity (Wildman–Crippen MR) is 117 cm³/mol. The van der Waals surface area contributed by atoms with Crippen LogP contribution in [0.15, 0.2) is 60.8 Å². The van der Waals surface area contributed by atoms with Crippen LogP contribution in [0.1, 0.15) is 16.8 Å². The Balaban J connectivity index is 1.36. The molecule has 144 valence electrons. The number of benzene rings is 2. The molecule has 0 N–H and O–H groups in total. The highest BCUT2D eigenvalue weighted by Crippen LogP contribution is 2.26. The number of rotatable bonds is 3. The van der Waals surface area contributed by atoms with Crippen LogP contribution < -0.4 is 0 Å². The summed E-state index contributed by atoms with van der Waals surface area (Å²) in [6, 6.07) is 17.8. The van der Waals surface area contributed by atoms with Crippen molar-refractivity contribution in [1.29, 1.82) is 0 Å². The quantitative estimate of drug-likeness (QED) is 0.407. The molecule has 6 heteroatoms. The first-order valence-electron chi connectivity index (χ1n) is 9.53. The van der Waals surface area contributed by atoms with Crippen LogP contribution in [0, 0.1) is 0 Å². The summed E-state index contributed by atoms with van der Waals surface area (Å²) in [5, 5.41) is 2.40. The Bertz CT molecular complexity index is 1190. The lowest BCUT2D eigenvalue weighted by Gasteiger charge is -2.28. The van der Waals surface area contributed by atoms with E-state index in [1.54, 1.807) is 0 Å². The maximum atomic E-state index is 6.45. The van der Waals surface area contributed by atoms with Gasteiger partial charge in [0.15, 0.2) is 5.82 Å². The predicted octanol–water partition coefficient (Wildman–Crippen LogP) is 5.56. The van der Waals surface area contributed by atoms with E-state index in [0.717, 1.165) is 59.6 Å². The van der Waals surface area contributed by atoms with Crippen LogP contribution in [0.3, 0.4) is 0 Å². The van der Waals surface area contributed by atoms with E-state index in [-0.39, 0.29) is 0 Å². The van der Waals surface area contributed by atoms with Gasteiger partial charge in [0.05, 0.1) is 11.2 Å². The number of aromatic nitrogens is 3. The van der Waals surface area contributed by atoms with E-state index in [4.69, 9.17) is 28.2 Å². The zero-order chi connectivity index (χ0) is 19.8. The van der Waals surface area contributed by atoms with Gasteiger partial charge in [0.1, 0.15) is 5.15 Å². The van der Waals surface area contributed by atoms with Gasteiger partial charge in [0.2, 0.25) is 0 Å². The number of hydrogen-bond donors (Lipinski definition) is 0. The fourth-order valence-electron chi connectivity index (χ4n) is 3.74. The lowest BCUT2D eigenvalue weighted by Crippen LogP contribution is -2.31. The van der Waals surface area contributed by atoms with E-state index in [9.17, 15) is 0 Å². The molecule has 5 rings (SSSR count). The van der Waals surface area contributed by atoms with Crippen LogP contribution in [-0.2, 0) is 19.5 Å². The molecule has 0 fully saturated rings. The van der Waals surface area contributed by atoms with Crippen molar-refractivity contribution in [1.82, 2.24) is 19.9 Å². The zero-order valence-electron chi connectivity index (χ0n) is 15.6. The highest BCUT2D eigenvalue weighted by molar-refractivity contribution is 6.30. The van der Waals surface area contributed by atoms with E-state index < -0.39 is 0 Å². The maximum absolute atomic E-state index is 6.45. The average Bonchev–Trinajstić information content (AvgIpc) is 2.74. The van der Waals surface area contributed by atoms with E-state index in [2.05, 4.69) is 27.0 Å². The molecule has 0 spiro atoms. The molecular weight excluding hydrogens is 403 g/mol. The van der Waals surface area contributed by atoms with Crippen molar-refractivity contribution in [3.05, 3.63) is 87.8 Å². The molecular formula is C23H18Cl2N4. The molecule has 0 bridgehead atoms. The number of halogens is 2. The molecule has 0 saturated carbocycles. The van der Waals surface area contributed by atoms with E-state index in [1.165, 1.54) is 5.56 Å². The second kappa shape index (κ2) is 7.71. The third-order valence-corrected chi connectivity index (χ3v) is 5.84. The fraction of sp³-hybridized carbons (Fsp3) is 0.174. The van der Waals surface area contributed by atoms with Gasteiger partial charge < -0.3 is 0 Å². The molecule has 0 aliphatic carbocycles. The largest absolute Gasteiger partial charge is 0.294 e. The van der Waals surface area contributed by atoms with E-state index in [1.807, 2.05) is 48.7 Å². The minimum Gasteiger partial charge on any atom is -0.294 e. The Morgan fingerprint density at radius 3 is 2.66 bits per heavy atom. The molecule has 29 heavy (non-hydrogen) atoms. The van der Waals surface area contributed by atoms with Crippen LogP contribution in [0.25, 0.3) is 22.3 Å². The van der Waals surface area contributed by atoms with Gasteiger partial charge in [-0.15, -0.1) is 0 Å². The van der Waals surface area contributed by atoms with Gasteiger partial charge >= 0.3 is 0 Å². The van der Waals surface area contributed by atoms with E-state index >= 15 is 0 Å². The third kappa shape index (κ3) is 3.84. The van der Waals surface area contributed by atoms with Gasteiger partial charge in [0.25, 0.3) is 0 Å². The number of pyridine rings is 1. The summed E-state index contributed by atoms with van der Waals surface area (Å²) in [5.41, 5.74) is 5.23. The Labute approximate surface area is 179 Å². The first-order valence-corrected chi connectivity index (χ1v) is 10.3. The molecule has 0 saturated heterocycles. The molecule has 4 nitrogen and oxygen atoms in total. The summed E-state index contributed by atoms with van der Waals surface area (Å²) in [4.78, 5) is 16.3. The minimum absolute atomic E-state index is 0.573. The van der Waals surface area contributed by atoms with Crippen molar-refractivity contribution in [2.75, 3.05) is 6.54 Å². The van der Waals surface area contributed by atoms with Gasteiger partial charge in [-0.3, -0.25) is 4.90 Å². The summed E-state index contributed by atoms with van der Waals surface area (Å²) in [6.07, 6.45) is 2.83. The molecule has 0 atom stereocenters. The first kappa shape index (κ1) is 18.5. The summed E-state index contributed by atoms with van der Waals surface area (Å²) < 4.78 is 0. The van der Waals surface area contributed by atoms with Crippen molar-refractivity contribution in [2.24, 2.45) is 0 Å². The molecule has 3 heterocycles. The fourth-order valence-corrected chi connectivity index (χ4v) is 4.07. The molecule has 1 aliphatic rings. The summed E-state index contributed by atoms with van der Waals surface area (Å²) in [6.45, 7) is 2.49. The lowest BCUT2D eigenvalue weighted by atomic mass is 10.1. The maximum Gasteiger partial charge on any atom is 0.159 e. The van der Waals surface area contributed by atoms with Crippen LogP contribution in [-0.4, -0.2) is 26.4 Å². The molecule has 0 radical (unpaired) electrons. The van der Waals surface area contributed by atoms with Gasteiger partial charge in [-0.25, -0.2) is 15.0 Å². The lowest BCUT2D eigenvalue weighted by molar-refractivity contribution is 0.243. The summed E-state index contributed by atoms with van der Waals surface area (Å²) in [5.74, 6) is 0.746. The minimum atomic E-state index is 0.573. The van der Waals surface area contributed by atoms with Crippen LogP contribution >= 0.6 is 23.2 Å². The molecule has 0 unspecified atom stereocenters. The Kier molecular flexibility index (Phi) is 4.92. The molecule has 4 aromatic rings. The normalized spacial score (nSPS) is 14.1. The molecule has 0 amide bonds. The van der Waals surface area contributed by atoms with Crippen LogP contribution in [0.2, 0.25) is 10.2 Å². The second-order valence-electron chi connectivity index (χ2n) is 7.26. The number of nitrogens with zero attached hydrogens (tertiary/aromatic N) is 4. The highest BCUT2D eigenvalue weighted by atomic mass is 35.5. The van der Waals surface area contributed by atoms with Crippen molar-refractivity contribution in [3.8, 4) is 11.4 Å². The average molecular weight is 421 g/mol. The van der Waals surface area contributed by atoms with Crippen molar-refractivity contribution >= 4 is 34.1 Å². The van der Waals surface area contributed by atoms with Crippen molar-refractivity contribution < 1.29 is 0 Å². The van der Waals surface area contributed by atoms with Gasteiger partial charge in [-0.1, -0.05) is 41.4 Å². The standard InChI is InChI=1S/C23H18Cl2N4/c24-19-7-5-15(6-8-19)23-26-12-18-14-29(10-9-21(18)28-23)13-17-11-16-3-1-2-4-20(16)27-22(17)25/h1-8,11-12H,9-10,13-14H2. The summed E-state index contributed by atoms with van der Waals surface area (Å²) in [7, 11) is 0. The number of fused-ring (bicyclic) bond motifs is 2. The topological polar surface area (TPSA) is 41.9 Å². The molecule has 2 aromatic heterocycles. The van der Waals surface area contributed by atoms with Crippen LogP contribution in [0.4, 0.5) is 0 Å². The zero-order valence-corrected chi connectivity index (χ0v) is 17.2. The van der Waals surface area contributed by atoms with E-state index in [0.29, 0.717) is 10.2 Å². The smallest absolute Gasteiger partial charge is 0.159 e. The second-order valence-corrected chi connectivity index (χ2v) is 8.06. The van der Waals surface area contributed by atoms with Gasteiger partial charge in [-0.2, -0.15) is 0 Å².